The number of imide groups is 1. The molecule has 1 aromatic heterocycles. The van der Waals surface area contributed by atoms with Gasteiger partial charge in [0.25, 0.3) is 11.8 Å². The molecule has 0 spiro atoms. The number of hydrogen-bond acceptors (Lipinski definition) is 7. The van der Waals surface area contributed by atoms with E-state index in [0.717, 1.165) is 5.56 Å². The molecule has 158 valence electrons. The van der Waals surface area contributed by atoms with Gasteiger partial charge >= 0.3 is 5.97 Å². The maximum absolute atomic E-state index is 12.3. The smallest absolute Gasteiger partial charge is 0.306 e. The number of carbonyl (C=O) groups excluding carboxylic acids is 3. The second kappa shape index (κ2) is 9.09. The maximum atomic E-state index is 12.3. The van der Waals surface area contributed by atoms with Gasteiger partial charge in [-0.3, -0.25) is 19.3 Å². The second-order valence-electron chi connectivity index (χ2n) is 6.90. The van der Waals surface area contributed by atoms with Crippen LogP contribution in [0.1, 0.15) is 39.4 Å². The van der Waals surface area contributed by atoms with Gasteiger partial charge in [-0.15, -0.1) is 0 Å². The van der Waals surface area contributed by atoms with Crippen molar-refractivity contribution in [2.75, 3.05) is 13.2 Å². The number of halogens is 1. The molecule has 1 aliphatic heterocycles. The lowest BCUT2D eigenvalue weighted by Crippen LogP contribution is -2.31. The van der Waals surface area contributed by atoms with E-state index < -0.39 is 5.97 Å². The van der Waals surface area contributed by atoms with Crippen molar-refractivity contribution in [1.82, 2.24) is 15.0 Å². The molecule has 8 nitrogen and oxygen atoms in total. The Morgan fingerprint density at radius 3 is 2.39 bits per heavy atom. The van der Waals surface area contributed by atoms with Gasteiger partial charge < -0.3 is 9.26 Å². The zero-order valence-corrected chi connectivity index (χ0v) is 17.2. The Morgan fingerprint density at radius 1 is 1.03 bits per heavy atom. The highest BCUT2D eigenvalue weighted by Gasteiger charge is 2.34. The predicted octanol–water partition coefficient (Wildman–Crippen LogP) is 3.55. The zero-order valence-electron chi connectivity index (χ0n) is 16.4. The number of esters is 1. The number of aromatic nitrogens is 2. The maximum Gasteiger partial charge on any atom is 0.306 e. The fraction of sp³-hybridized carbons (Fsp3) is 0.227. The van der Waals surface area contributed by atoms with Gasteiger partial charge in [-0.1, -0.05) is 28.9 Å². The minimum atomic E-state index is -0.423. The minimum Gasteiger partial charge on any atom is -0.466 e. The standard InChI is InChI=1S/C22H18ClN3O5/c23-15-8-6-14(7-9-15)20-24-18(31-25-20)10-11-19(27)30-13-3-12-26-21(28)16-4-1-2-5-17(16)22(26)29/h1-2,4-9H,3,10-13H2. The second-order valence-corrected chi connectivity index (χ2v) is 7.34. The highest BCUT2D eigenvalue weighted by molar-refractivity contribution is 6.30. The van der Waals surface area contributed by atoms with E-state index in [0.29, 0.717) is 34.3 Å². The Labute approximate surface area is 182 Å². The summed E-state index contributed by atoms with van der Waals surface area (Å²) >= 11 is 5.86. The Bertz CT molecular complexity index is 1090. The Hall–Kier alpha value is -3.52. The van der Waals surface area contributed by atoms with Gasteiger partial charge in [-0.2, -0.15) is 4.98 Å². The molecule has 0 saturated heterocycles. The van der Waals surface area contributed by atoms with Gasteiger partial charge in [0.2, 0.25) is 11.7 Å². The first-order valence-electron chi connectivity index (χ1n) is 9.72. The van der Waals surface area contributed by atoms with Gasteiger partial charge in [-0.05, 0) is 42.8 Å². The van der Waals surface area contributed by atoms with Crippen LogP contribution in [0.25, 0.3) is 11.4 Å². The summed E-state index contributed by atoms with van der Waals surface area (Å²) in [5.74, 6) is -0.317. The molecule has 2 aromatic carbocycles. The quantitative estimate of drug-likeness (QED) is 0.300. The van der Waals surface area contributed by atoms with E-state index in [-0.39, 0.29) is 37.8 Å². The lowest BCUT2D eigenvalue weighted by atomic mass is 10.1. The molecule has 2 amide bonds. The number of ether oxygens (including phenoxy) is 1. The van der Waals surface area contributed by atoms with Crippen LogP contribution >= 0.6 is 11.6 Å². The highest BCUT2D eigenvalue weighted by atomic mass is 35.5. The van der Waals surface area contributed by atoms with E-state index in [1.54, 1.807) is 48.5 Å². The summed E-state index contributed by atoms with van der Waals surface area (Å²) in [6.45, 7) is 0.292. The fourth-order valence-corrected chi connectivity index (χ4v) is 3.33. The van der Waals surface area contributed by atoms with Crippen LogP contribution in [-0.4, -0.2) is 46.0 Å². The number of carbonyl (C=O) groups is 3. The van der Waals surface area contributed by atoms with Gasteiger partial charge in [0.15, 0.2) is 0 Å². The third kappa shape index (κ3) is 4.64. The molecule has 2 heterocycles. The molecule has 0 radical (unpaired) electrons. The van der Waals surface area contributed by atoms with Crippen molar-refractivity contribution in [3.63, 3.8) is 0 Å². The average molecular weight is 440 g/mol. The molecular weight excluding hydrogens is 422 g/mol. The minimum absolute atomic E-state index is 0.0786. The number of aryl methyl sites for hydroxylation is 1. The molecule has 0 fully saturated rings. The number of nitrogens with zero attached hydrogens (tertiary/aromatic N) is 3. The normalized spacial score (nSPS) is 12.9. The number of benzene rings is 2. The number of hydrogen-bond donors (Lipinski definition) is 0. The van der Waals surface area contributed by atoms with Crippen molar-refractivity contribution < 1.29 is 23.6 Å². The largest absolute Gasteiger partial charge is 0.466 e. The third-order valence-electron chi connectivity index (χ3n) is 4.78. The number of amides is 2. The van der Waals surface area contributed by atoms with Crippen LogP contribution in [0.2, 0.25) is 5.02 Å². The van der Waals surface area contributed by atoms with Crippen molar-refractivity contribution in [3.8, 4) is 11.4 Å². The van der Waals surface area contributed by atoms with Crippen molar-refractivity contribution in [1.29, 1.82) is 0 Å². The summed E-state index contributed by atoms with van der Waals surface area (Å²) in [7, 11) is 0. The van der Waals surface area contributed by atoms with E-state index in [1.807, 2.05) is 0 Å². The lowest BCUT2D eigenvalue weighted by molar-refractivity contribution is -0.143. The van der Waals surface area contributed by atoms with Crippen molar-refractivity contribution in [3.05, 3.63) is 70.6 Å². The summed E-state index contributed by atoms with van der Waals surface area (Å²) < 4.78 is 10.3. The zero-order chi connectivity index (χ0) is 21.8. The molecule has 0 saturated carbocycles. The summed E-state index contributed by atoms with van der Waals surface area (Å²) in [6.07, 6.45) is 0.686. The topological polar surface area (TPSA) is 103 Å². The van der Waals surface area contributed by atoms with Crippen LogP contribution in [-0.2, 0) is 16.0 Å². The lowest BCUT2D eigenvalue weighted by Gasteiger charge is -2.13. The Kier molecular flexibility index (Phi) is 6.08. The molecule has 0 aliphatic carbocycles. The van der Waals surface area contributed by atoms with Crippen molar-refractivity contribution in [2.24, 2.45) is 0 Å². The summed E-state index contributed by atoms with van der Waals surface area (Å²) in [4.78, 5) is 42.0. The molecule has 31 heavy (non-hydrogen) atoms. The molecule has 0 bridgehead atoms. The van der Waals surface area contributed by atoms with Crippen LogP contribution < -0.4 is 0 Å². The van der Waals surface area contributed by atoms with Crippen LogP contribution in [0.4, 0.5) is 0 Å². The molecule has 1 aliphatic rings. The molecular formula is C22H18ClN3O5. The van der Waals surface area contributed by atoms with Gasteiger partial charge in [0.1, 0.15) is 0 Å². The van der Waals surface area contributed by atoms with Gasteiger partial charge in [-0.25, -0.2) is 0 Å². The van der Waals surface area contributed by atoms with Gasteiger partial charge in [0, 0.05) is 23.6 Å². The summed E-state index contributed by atoms with van der Waals surface area (Å²) in [6, 6.07) is 13.7. The van der Waals surface area contributed by atoms with Crippen LogP contribution in [0.15, 0.2) is 53.1 Å². The Morgan fingerprint density at radius 2 is 1.71 bits per heavy atom. The molecule has 9 heteroatoms. The summed E-state index contributed by atoms with van der Waals surface area (Å²) in [5, 5.41) is 4.50. The van der Waals surface area contributed by atoms with E-state index in [4.69, 9.17) is 20.9 Å². The predicted molar refractivity (Wildman–Crippen MR) is 110 cm³/mol. The van der Waals surface area contributed by atoms with Crippen LogP contribution in [0, 0.1) is 0 Å². The first kappa shape index (κ1) is 20.7. The van der Waals surface area contributed by atoms with E-state index in [1.165, 1.54) is 4.90 Å². The molecule has 0 unspecified atom stereocenters. The average Bonchev–Trinajstić information content (AvgIpc) is 3.35. The van der Waals surface area contributed by atoms with E-state index in [9.17, 15) is 14.4 Å². The number of rotatable bonds is 8. The number of fused-ring (bicyclic) bond motifs is 1. The third-order valence-corrected chi connectivity index (χ3v) is 5.03. The molecule has 0 atom stereocenters. The highest BCUT2D eigenvalue weighted by Crippen LogP contribution is 2.22. The van der Waals surface area contributed by atoms with Crippen LogP contribution in [0.3, 0.4) is 0 Å². The molecule has 3 aromatic rings. The van der Waals surface area contributed by atoms with Crippen molar-refractivity contribution in [2.45, 2.75) is 19.3 Å². The van der Waals surface area contributed by atoms with Gasteiger partial charge in [0.05, 0.1) is 24.2 Å². The fourth-order valence-electron chi connectivity index (χ4n) is 3.20. The molecule has 4 rings (SSSR count). The summed E-state index contributed by atoms with van der Waals surface area (Å²) in [5.41, 5.74) is 1.57. The monoisotopic (exact) mass is 439 g/mol. The first-order valence-corrected chi connectivity index (χ1v) is 10.1. The SMILES string of the molecule is O=C(CCc1nc(-c2ccc(Cl)cc2)no1)OCCCN1C(=O)c2ccccc2C1=O. The molecule has 0 N–H and O–H groups in total. The Balaban J connectivity index is 1.19. The van der Waals surface area contributed by atoms with E-state index >= 15 is 0 Å². The van der Waals surface area contributed by atoms with Crippen molar-refractivity contribution >= 4 is 29.4 Å². The van der Waals surface area contributed by atoms with Crippen LogP contribution in [0.5, 0.6) is 0 Å². The first-order chi connectivity index (χ1) is 15.0. The van der Waals surface area contributed by atoms with E-state index in [2.05, 4.69) is 10.1 Å².